The second kappa shape index (κ2) is 6.03. The van der Waals surface area contributed by atoms with Crippen molar-refractivity contribution in [2.75, 3.05) is 13.7 Å². The lowest BCUT2D eigenvalue weighted by molar-refractivity contribution is -0.385. The molecule has 134 valence electrons. The van der Waals surface area contributed by atoms with Gasteiger partial charge in [-0.15, -0.1) is 0 Å². The van der Waals surface area contributed by atoms with Crippen LogP contribution in [0.5, 0.6) is 5.75 Å². The summed E-state index contributed by atoms with van der Waals surface area (Å²) in [5.41, 5.74) is 4.22. The Morgan fingerprint density at radius 1 is 1.40 bits per heavy atom. The minimum atomic E-state index is -0.788. The van der Waals surface area contributed by atoms with Gasteiger partial charge in [-0.3, -0.25) is 25.2 Å². The van der Waals surface area contributed by atoms with Crippen molar-refractivity contribution < 1.29 is 19.3 Å². The Kier molecular flexibility index (Phi) is 4.16. The Morgan fingerprint density at radius 3 is 2.68 bits per heavy atom. The maximum absolute atomic E-state index is 12.4. The maximum Gasteiger partial charge on any atom is 0.273 e. The molecule has 0 aliphatic carbocycles. The van der Waals surface area contributed by atoms with Crippen LogP contribution >= 0.6 is 0 Å². The van der Waals surface area contributed by atoms with Gasteiger partial charge in [0.15, 0.2) is 0 Å². The number of nitro groups is 1. The fourth-order valence-corrected chi connectivity index (χ4v) is 3.42. The number of fused-ring (bicyclic) bond motifs is 1. The minimum absolute atomic E-state index is 0.0111. The summed E-state index contributed by atoms with van der Waals surface area (Å²) in [6.45, 7) is 5.94. The molecule has 8 nitrogen and oxygen atoms in total. The number of nitrogens with zero attached hydrogens (tertiary/aromatic N) is 2. The number of likely N-dealkylation sites (tertiary alicyclic amines) is 1. The topological polar surface area (TPSA) is 93.9 Å². The fourth-order valence-electron chi connectivity index (χ4n) is 3.42. The van der Waals surface area contributed by atoms with Crippen molar-refractivity contribution in [2.45, 2.75) is 39.2 Å². The van der Waals surface area contributed by atoms with Crippen molar-refractivity contribution in [1.29, 1.82) is 0 Å². The van der Waals surface area contributed by atoms with E-state index in [0.29, 0.717) is 41.2 Å². The van der Waals surface area contributed by atoms with E-state index in [0.717, 1.165) is 6.42 Å². The average molecular weight is 347 g/mol. The van der Waals surface area contributed by atoms with Crippen LogP contribution in [0.3, 0.4) is 0 Å². The number of carbonyl (C=O) groups excluding carboxylic acids is 1. The monoisotopic (exact) mass is 347 g/mol. The molecule has 0 spiro atoms. The zero-order chi connectivity index (χ0) is 18.4. The zero-order valence-corrected chi connectivity index (χ0v) is 14.7. The molecule has 2 aliphatic rings. The van der Waals surface area contributed by atoms with Gasteiger partial charge in [-0.05, 0) is 33.3 Å². The van der Waals surface area contributed by atoms with E-state index in [1.54, 1.807) is 17.9 Å². The van der Waals surface area contributed by atoms with E-state index in [1.165, 1.54) is 13.2 Å². The molecular formula is C17H21N3O5. The first-order valence-electron chi connectivity index (χ1n) is 8.09. The first kappa shape index (κ1) is 17.2. The summed E-state index contributed by atoms with van der Waals surface area (Å²) in [7, 11) is 1.47. The highest BCUT2D eigenvalue weighted by molar-refractivity contribution is 5.92. The summed E-state index contributed by atoms with van der Waals surface area (Å²) >= 11 is 0. The third kappa shape index (κ3) is 2.72. The minimum Gasteiger partial charge on any atom is -0.481 e. The average Bonchev–Trinajstić information content (AvgIpc) is 2.94. The van der Waals surface area contributed by atoms with Gasteiger partial charge in [0, 0.05) is 24.6 Å². The van der Waals surface area contributed by atoms with Gasteiger partial charge < -0.3 is 9.64 Å². The van der Waals surface area contributed by atoms with E-state index in [4.69, 9.17) is 9.57 Å². The number of benzene rings is 1. The molecule has 0 radical (unpaired) electrons. The van der Waals surface area contributed by atoms with Gasteiger partial charge in [-0.1, -0.05) is 0 Å². The second-order valence-corrected chi connectivity index (χ2v) is 6.63. The van der Waals surface area contributed by atoms with E-state index < -0.39 is 10.5 Å². The van der Waals surface area contributed by atoms with Gasteiger partial charge in [-0.2, -0.15) is 0 Å². The summed E-state index contributed by atoms with van der Waals surface area (Å²) in [6.07, 6.45) is 1.20. The molecule has 0 atom stereocenters. The lowest BCUT2D eigenvalue weighted by atomic mass is 9.91. The highest BCUT2D eigenvalue weighted by Gasteiger charge is 2.42. The molecule has 1 fully saturated rings. The number of hydroxylamine groups is 1. The molecule has 3 rings (SSSR count). The zero-order valence-electron chi connectivity index (χ0n) is 14.7. The number of hydrogen-bond acceptors (Lipinski definition) is 6. The second-order valence-electron chi connectivity index (χ2n) is 6.63. The van der Waals surface area contributed by atoms with Crippen molar-refractivity contribution in [3.05, 3.63) is 39.1 Å². The smallest absolute Gasteiger partial charge is 0.273 e. The van der Waals surface area contributed by atoms with Crippen molar-refractivity contribution in [1.82, 2.24) is 10.4 Å². The SMILES string of the molecule is CONC1=C(N2CCCC2=O)c2c(ccc([N+](=O)[O-])c2C)OC1(C)C. The van der Waals surface area contributed by atoms with Crippen LogP contribution in [-0.2, 0) is 9.63 Å². The first-order chi connectivity index (χ1) is 11.8. The Labute approximate surface area is 145 Å². The van der Waals surface area contributed by atoms with Gasteiger partial charge in [0.05, 0.1) is 23.3 Å². The number of hydrogen-bond donors (Lipinski definition) is 1. The number of nitrogens with one attached hydrogen (secondary N) is 1. The Morgan fingerprint density at radius 2 is 2.12 bits per heavy atom. The highest BCUT2D eigenvalue weighted by atomic mass is 16.6. The molecule has 1 N–H and O–H groups in total. The highest BCUT2D eigenvalue weighted by Crippen LogP contribution is 2.46. The molecular weight excluding hydrogens is 326 g/mol. The summed E-state index contributed by atoms with van der Waals surface area (Å²) in [5, 5.41) is 11.4. The Bertz CT molecular complexity index is 785. The van der Waals surface area contributed by atoms with E-state index >= 15 is 0 Å². The van der Waals surface area contributed by atoms with Crippen molar-refractivity contribution >= 4 is 17.3 Å². The van der Waals surface area contributed by atoms with Crippen LogP contribution in [0.4, 0.5) is 5.69 Å². The van der Waals surface area contributed by atoms with Gasteiger partial charge >= 0.3 is 0 Å². The molecule has 1 saturated heterocycles. The van der Waals surface area contributed by atoms with Crippen LogP contribution in [0.15, 0.2) is 17.8 Å². The van der Waals surface area contributed by atoms with Crippen LogP contribution in [-0.4, -0.2) is 35.0 Å². The standard InChI is InChI=1S/C17H21N3O5/c1-10-11(20(22)23)7-8-12-14(10)15(19-9-5-6-13(19)21)16(18-24-4)17(2,3)25-12/h7-8,18H,5-6,9H2,1-4H3. The summed E-state index contributed by atoms with van der Waals surface area (Å²) in [4.78, 5) is 30.1. The molecule has 2 aliphatic heterocycles. The molecule has 1 amide bonds. The molecule has 0 aromatic heterocycles. The van der Waals surface area contributed by atoms with E-state index in [1.807, 2.05) is 13.8 Å². The van der Waals surface area contributed by atoms with Crippen LogP contribution in [0.1, 0.15) is 37.8 Å². The molecule has 1 aromatic carbocycles. The normalized spacial score (nSPS) is 18.9. The van der Waals surface area contributed by atoms with Crippen LogP contribution in [0, 0.1) is 17.0 Å². The van der Waals surface area contributed by atoms with Gasteiger partial charge in [0.1, 0.15) is 17.0 Å². The number of nitro benzene ring substituents is 1. The maximum atomic E-state index is 12.4. The summed E-state index contributed by atoms with van der Waals surface area (Å²) < 4.78 is 6.06. The Balaban J connectivity index is 2.32. The molecule has 0 bridgehead atoms. The lowest BCUT2D eigenvalue weighted by Gasteiger charge is -2.39. The number of carbonyl (C=O) groups is 1. The largest absolute Gasteiger partial charge is 0.481 e. The van der Waals surface area contributed by atoms with E-state index in [9.17, 15) is 14.9 Å². The van der Waals surface area contributed by atoms with Crippen LogP contribution < -0.4 is 10.2 Å². The lowest BCUT2D eigenvalue weighted by Crippen LogP contribution is -2.44. The van der Waals surface area contributed by atoms with Crippen LogP contribution in [0.2, 0.25) is 0 Å². The summed E-state index contributed by atoms with van der Waals surface area (Å²) in [6, 6.07) is 3.02. The quantitative estimate of drug-likeness (QED) is 0.664. The van der Waals surface area contributed by atoms with Crippen molar-refractivity contribution in [3.8, 4) is 5.75 Å². The fraction of sp³-hybridized carbons (Fsp3) is 0.471. The van der Waals surface area contributed by atoms with Crippen molar-refractivity contribution in [2.24, 2.45) is 0 Å². The molecule has 8 heteroatoms. The van der Waals surface area contributed by atoms with Gasteiger partial charge in [-0.25, -0.2) is 0 Å². The first-order valence-corrected chi connectivity index (χ1v) is 8.09. The van der Waals surface area contributed by atoms with Crippen molar-refractivity contribution in [3.63, 3.8) is 0 Å². The van der Waals surface area contributed by atoms with Crippen LogP contribution in [0.25, 0.3) is 5.70 Å². The molecule has 0 unspecified atom stereocenters. The third-order valence-electron chi connectivity index (χ3n) is 4.58. The van der Waals surface area contributed by atoms with E-state index in [-0.39, 0.29) is 11.6 Å². The van der Waals surface area contributed by atoms with Gasteiger partial charge in [0.25, 0.3) is 5.69 Å². The molecule has 1 aromatic rings. The Hall–Kier alpha value is -2.61. The predicted molar refractivity (Wildman–Crippen MR) is 90.6 cm³/mol. The molecule has 25 heavy (non-hydrogen) atoms. The number of ether oxygens (including phenoxy) is 1. The third-order valence-corrected chi connectivity index (χ3v) is 4.58. The van der Waals surface area contributed by atoms with Gasteiger partial charge in [0.2, 0.25) is 5.91 Å². The predicted octanol–water partition coefficient (Wildman–Crippen LogP) is 2.52. The number of rotatable bonds is 4. The van der Waals surface area contributed by atoms with E-state index in [2.05, 4.69) is 5.48 Å². The number of amides is 1. The summed E-state index contributed by atoms with van der Waals surface area (Å²) in [5.74, 6) is 0.504. The molecule has 0 saturated carbocycles. The molecule has 2 heterocycles.